The lowest BCUT2D eigenvalue weighted by atomic mass is 9.77. The van der Waals surface area contributed by atoms with Crippen molar-refractivity contribution >= 4 is 28.8 Å². The molecule has 1 N–H and O–H groups in total. The molecular formula is C32H34N6O5. The number of rotatable bonds is 7. The molecule has 3 aromatic rings. The second-order valence-electron chi connectivity index (χ2n) is 11.6. The smallest absolute Gasteiger partial charge is 0.250 e. The van der Waals surface area contributed by atoms with E-state index in [1.165, 1.54) is 4.90 Å². The molecule has 7 rings (SSSR count). The van der Waals surface area contributed by atoms with Gasteiger partial charge in [-0.05, 0) is 24.1 Å². The van der Waals surface area contributed by atoms with E-state index in [1.54, 1.807) is 14.5 Å². The second-order valence-corrected chi connectivity index (χ2v) is 11.6. The molecule has 0 saturated carbocycles. The average molecular weight is 583 g/mol. The lowest BCUT2D eigenvalue weighted by Gasteiger charge is -2.38. The maximum Gasteiger partial charge on any atom is 0.250 e. The Hall–Kier alpha value is -4.35. The van der Waals surface area contributed by atoms with Crippen LogP contribution in [-0.4, -0.2) is 96.5 Å². The highest BCUT2D eigenvalue weighted by atomic mass is 16.5. The molecule has 0 bridgehead atoms. The van der Waals surface area contributed by atoms with Gasteiger partial charge in [-0.3, -0.25) is 14.4 Å². The van der Waals surface area contributed by atoms with E-state index < -0.39 is 42.2 Å². The van der Waals surface area contributed by atoms with Crippen LogP contribution in [0.5, 0.6) is 0 Å². The number of hydrogen-bond donors (Lipinski definition) is 1. The summed E-state index contributed by atoms with van der Waals surface area (Å²) in [7, 11) is 0. The molecule has 2 fully saturated rings. The second kappa shape index (κ2) is 10.7. The van der Waals surface area contributed by atoms with Gasteiger partial charge in [-0.15, -0.1) is 5.10 Å². The number of benzene rings is 2. The summed E-state index contributed by atoms with van der Waals surface area (Å²) in [5.74, 6) is -2.57. The maximum absolute atomic E-state index is 14.7. The van der Waals surface area contributed by atoms with Gasteiger partial charge in [-0.2, -0.15) is 0 Å². The molecule has 11 nitrogen and oxygen atoms in total. The van der Waals surface area contributed by atoms with Crippen LogP contribution < -0.4 is 0 Å². The molecule has 3 amide bonds. The topological polar surface area (TPSA) is 121 Å². The van der Waals surface area contributed by atoms with Crippen LogP contribution >= 0.6 is 0 Å². The lowest BCUT2D eigenvalue weighted by molar-refractivity contribution is -0.152. The Bertz CT molecular complexity index is 1620. The quantitative estimate of drug-likeness (QED) is 0.423. The summed E-state index contributed by atoms with van der Waals surface area (Å²) in [6, 6.07) is 14.8. The van der Waals surface area contributed by atoms with Gasteiger partial charge in [0.25, 0.3) is 5.91 Å². The SMILES string of the molecule is CCCN1CC=C[C@H]2O[C@]34C=CCN(Cn5nnc6ccccc65)C(=O)C3N([C@H](CO)c3ccccc3)C(=O)[C@@H]4[C@H]2C1=O. The first-order chi connectivity index (χ1) is 21.0. The zero-order valence-corrected chi connectivity index (χ0v) is 23.9. The van der Waals surface area contributed by atoms with Crippen LogP contribution in [0.4, 0.5) is 0 Å². The summed E-state index contributed by atoms with van der Waals surface area (Å²) < 4.78 is 8.41. The van der Waals surface area contributed by atoms with Crippen molar-refractivity contribution in [2.45, 2.75) is 43.8 Å². The molecule has 4 aliphatic heterocycles. The number of aromatic nitrogens is 3. The van der Waals surface area contributed by atoms with E-state index in [2.05, 4.69) is 10.3 Å². The van der Waals surface area contributed by atoms with E-state index in [-0.39, 0.29) is 30.9 Å². The van der Waals surface area contributed by atoms with Gasteiger partial charge >= 0.3 is 0 Å². The van der Waals surface area contributed by atoms with E-state index in [0.717, 1.165) is 11.9 Å². The molecule has 11 heteroatoms. The molecule has 2 aromatic carbocycles. The number of likely N-dealkylation sites (tertiary alicyclic amines) is 1. The molecule has 1 unspecified atom stereocenters. The fourth-order valence-corrected chi connectivity index (χ4v) is 7.32. The highest BCUT2D eigenvalue weighted by molar-refractivity contribution is 6.00. The van der Waals surface area contributed by atoms with E-state index in [9.17, 15) is 19.5 Å². The number of para-hydroxylation sites is 1. The predicted octanol–water partition coefficient (Wildman–Crippen LogP) is 1.91. The largest absolute Gasteiger partial charge is 0.394 e. The molecule has 2 saturated heterocycles. The zero-order valence-electron chi connectivity index (χ0n) is 23.9. The zero-order chi connectivity index (χ0) is 29.7. The molecule has 6 atom stereocenters. The molecule has 1 aromatic heterocycles. The predicted molar refractivity (Wildman–Crippen MR) is 156 cm³/mol. The van der Waals surface area contributed by atoms with Crippen molar-refractivity contribution in [2.24, 2.45) is 11.8 Å². The summed E-state index contributed by atoms with van der Waals surface area (Å²) in [6.07, 6.45) is 7.57. The van der Waals surface area contributed by atoms with E-state index in [1.807, 2.05) is 85.8 Å². The Morgan fingerprint density at radius 2 is 1.74 bits per heavy atom. The van der Waals surface area contributed by atoms with Crippen molar-refractivity contribution < 1.29 is 24.2 Å². The Balaban J connectivity index is 1.33. The van der Waals surface area contributed by atoms with Gasteiger partial charge in [0.2, 0.25) is 11.8 Å². The van der Waals surface area contributed by atoms with Crippen LogP contribution in [0, 0.1) is 11.8 Å². The fourth-order valence-electron chi connectivity index (χ4n) is 7.32. The van der Waals surface area contributed by atoms with Crippen LogP contribution in [0.1, 0.15) is 24.9 Å². The van der Waals surface area contributed by atoms with Crippen LogP contribution in [-0.2, 0) is 25.8 Å². The molecule has 5 heterocycles. The van der Waals surface area contributed by atoms with Crippen LogP contribution in [0.25, 0.3) is 11.0 Å². The summed E-state index contributed by atoms with van der Waals surface area (Å²) in [5.41, 5.74) is 0.791. The van der Waals surface area contributed by atoms with Crippen LogP contribution in [0.2, 0.25) is 0 Å². The average Bonchev–Trinajstić information content (AvgIpc) is 3.58. The highest BCUT2D eigenvalue weighted by Gasteiger charge is 2.72. The molecule has 4 aliphatic rings. The van der Waals surface area contributed by atoms with Gasteiger partial charge in [0, 0.05) is 19.6 Å². The molecule has 43 heavy (non-hydrogen) atoms. The number of fused-ring (bicyclic) bond motifs is 3. The number of carbonyl (C=O) groups is 3. The fraction of sp³-hybridized carbons (Fsp3) is 0.406. The van der Waals surface area contributed by atoms with Crippen LogP contribution in [0.15, 0.2) is 78.9 Å². The standard InChI is InChI=1S/C32H34N6O5/c1-2-16-35-17-8-14-25-26(29(35)40)27-30(41)38(24(19-39)21-10-4-3-5-11-21)28-31(42)36(18-9-15-32(27,28)43-25)20-37-23-13-7-6-12-22(23)33-34-37/h3-15,24-28,39H,2,16-20H2,1H3/t24-,25-,26+,27+,28?,32+/m1/s1. The summed E-state index contributed by atoms with van der Waals surface area (Å²) in [4.78, 5) is 48.2. The normalized spacial score (nSPS) is 29.1. The Morgan fingerprint density at radius 3 is 2.53 bits per heavy atom. The monoisotopic (exact) mass is 582 g/mol. The number of nitrogens with zero attached hydrogens (tertiary/aromatic N) is 6. The van der Waals surface area contributed by atoms with Crippen molar-refractivity contribution in [2.75, 3.05) is 26.2 Å². The Kier molecular flexibility index (Phi) is 6.86. The van der Waals surface area contributed by atoms with Gasteiger partial charge in [0.05, 0.1) is 36.1 Å². The summed E-state index contributed by atoms with van der Waals surface area (Å²) in [6.45, 7) is 2.97. The van der Waals surface area contributed by atoms with Gasteiger partial charge in [-0.1, -0.05) is 78.9 Å². The van der Waals surface area contributed by atoms with E-state index in [4.69, 9.17) is 4.74 Å². The third-order valence-corrected chi connectivity index (χ3v) is 9.18. The molecule has 0 radical (unpaired) electrons. The third kappa shape index (κ3) is 4.21. The van der Waals surface area contributed by atoms with E-state index in [0.29, 0.717) is 24.2 Å². The van der Waals surface area contributed by atoms with Gasteiger partial charge in [0.1, 0.15) is 23.8 Å². The number of hydrogen-bond acceptors (Lipinski definition) is 7. The van der Waals surface area contributed by atoms with E-state index >= 15 is 0 Å². The number of ether oxygens (including phenoxy) is 1. The first-order valence-electron chi connectivity index (χ1n) is 14.8. The van der Waals surface area contributed by atoms with Gasteiger partial charge in [0.15, 0.2) is 0 Å². The minimum absolute atomic E-state index is 0.105. The minimum atomic E-state index is -1.39. The number of carbonyl (C=O) groups excluding carboxylic acids is 3. The van der Waals surface area contributed by atoms with Gasteiger partial charge in [-0.25, -0.2) is 4.68 Å². The lowest BCUT2D eigenvalue weighted by Crippen LogP contribution is -2.56. The Labute approximate surface area is 249 Å². The molecule has 1 spiro atoms. The number of amides is 3. The first-order valence-corrected chi connectivity index (χ1v) is 14.8. The van der Waals surface area contributed by atoms with Crippen molar-refractivity contribution in [3.8, 4) is 0 Å². The highest BCUT2D eigenvalue weighted by Crippen LogP contribution is 2.55. The number of aliphatic hydroxyl groups excluding tert-OH is 1. The molecule has 0 aliphatic carbocycles. The number of aliphatic hydroxyl groups is 1. The van der Waals surface area contributed by atoms with Crippen molar-refractivity contribution in [1.82, 2.24) is 29.7 Å². The molecular weight excluding hydrogens is 548 g/mol. The van der Waals surface area contributed by atoms with Crippen molar-refractivity contribution in [3.63, 3.8) is 0 Å². The minimum Gasteiger partial charge on any atom is -0.394 e. The maximum atomic E-state index is 14.7. The third-order valence-electron chi connectivity index (χ3n) is 9.18. The first kappa shape index (κ1) is 27.5. The van der Waals surface area contributed by atoms with Crippen molar-refractivity contribution in [3.05, 3.63) is 84.5 Å². The molecule has 222 valence electrons. The van der Waals surface area contributed by atoms with Gasteiger partial charge < -0.3 is 24.5 Å². The van der Waals surface area contributed by atoms with Crippen LogP contribution in [0.3, 0.4) is 0 Å². The summed E-state index contributed by atoms with van der Waals surface area (Å²) >= 11 is 0. The van der Waals surface area contributed by atoms with Crippen molar-refractivity contribution in [1.29, 1.82) is 0 Å². The Morgan fingerprint density at radius 1 is 0.977 bits per heavy atom. The summed E-state index contributed by atoms with van der Waals surface area (Å²) in [5, 5.41) is 19.2.